The molecule has 0 unspecified atom stereocenters. The highest BCUT2D eigenvalue weighted by molar-refractivity contribution is 5.71. The topological polar surface area (TPSA) is 44.8 Å². The van der Waals surface area contributed by atoms with E-state index in [0.29, 0.717) is 19.6 Å². The van der Waals surface area contributed by atoms with Crippen molar-refractivity contribution in [1.82, 2.24) is 0 Å². The monoisotopic (exact) mass is 236 g/mol. The summed E-state index contributed by atoms with van der Waals surface area (Å²) in [5.74, 6) is 0.710. The number of carbonyl (C=O) groups is 1. The van der Waals surface area contributed by atoms with Gasteiger partial charge in [-0.25, -0.2) is 0 Å². The Bertz CT molecular complexity index is 372. The summed E-state index contributed by atoms with van der Waals surface area (Å²) in [6.07, 6.45) is 1.21. The SMILES string of the molecule is COc1ccc(COC[C@@H]2CCC(=O)O2)cc1. The predicted octanol–water partition coefficient (Wildman–Crippen LogP) is 1.92. The lowest BCUT2D eigenvalue weighted by atomic mass is 10.2. The Hall–Kier alpha value is -1.55. The fraction of sp³-hybridized carbons (Fsp3) is 0.462. The number of methoxy groups -OCH3 is 1. The number of cyclic esters (lactones) is 1. The standard InChI is InChI=1S/C13H16O4/c1-15-11-4-2-10(3-5-11)8-16-9-12-6-7-13(14)17-12/h2-5,12H,6-9H2,1H3/t12-/m0/s1. The third kappa shape index (κ3) is 3.46. The Morgan fingerprint density at radius 2 is 2.12 bits per heavy atom. The molecule has 0 saturated carbocycles. The molecule has 1 aromatic rings. The molecule has 0 radical (unpaired) electrons. The maximum absolute atomic E-state index is 10.9. The highest BCUT2D eigenvalue weighted by Crippen LogP contribution is 2.15. The van der Waals surface area contributed by atoms with E-state index < -0.39 is 0 Å². The zero-order chi connectivity index (χ0) is 12.1. The van der Waals surface area contributed by atoms with Crippen LogP contribution in [0.5, 0.6) is 5.75 Å². The van der Waals surface area contributed by atoms with E-state index in [0.717, 1.165) is 17.7 Å². The summed E-state index contributed by atoms with van der Waals surface area (Å²) in [7, 11) is 1.64. The molecule has 0 aliphatic carbocycles. The Labute approximate surface area is 100 Å². The van der Waals surface area contributed by atoms with Crippen molar-refractivity contribution in [2.24, 2.45) is 0 Å². The highest BCUT2D eigenvalue weighted by atomic mass is 16.6. The average molecular weight is 236 g/mol. The van der Waals surface area contributed by atoms with Crippen LogP contribution in [0.15, 0.2) is 24.3 Å². The van der Waals surface area contributed by atoms with Gasteiger partial charge >= 0.3 is 5.97 Å². The molecular formula is C13H16O4. The summed E-state index contributed by atoms with van der Waals surface area (Å²) in [4.78, 5) is 10.9. The lowest BCUT2D eigenvalue weighted by molar-refractivity contribution is -0.143. The molecule has 0 aromatic heterocycles. The van der Waals surface area contributed by atoms with Gasteiger partial charge in [0, 0.05) is 6.42 Å². The molecular weight excluding hydrogens is 220 g/mol. The fourth-order valence-corrected chi connectivity index (χ4v) is 1.73. The minimum atomic E-state index is -0.122. The van der Waals surface area contributed by atoms with E-state index >= 15 is 0 Å². The molecule has 0 bridgehead atoms. The van der Waals surface area contributed by atoms with Crippen LogP contribution in [0.4, 0.5) is 0 Å². The van der Waals surface area contributed by atoms with E-state index in [2.05, 4.69) is 0 Å². The zero-order valence-corrected chi connectivity index (χ0v) is 9.85. The van der Waals surface area contributed by atoms with Gasteiger partial charge in [-0.05, 0) is 24.1 Å². The van der Waals surface area contributed by atoms with Gasteiger partial charge in [0.1, 0.15) is 11.9 Å². The van der Waals surface area contributed by atoms with E-state index in [4.69, 9.17) is 14.2 Å². The number of hydrogen-bond donors (Lipinski definition) is 0. The van der Waals surface area contributed by atoms with Crippen molar-refractivity contribution < 1.29 is 19.0 Å². The molecule has 1 saturated heterocycles. The minimum absolute atomic E-state index is 0.0688. The van der Waals surface area contributed by atoms with Crippen LogP contribution in [-0.4, -0.2) is 25.8 Å². The molecule has 92 valence electrons. The first-order valence-electron chi connectivity index (χ1n) is 5.68. The highest BCUT2D eigenvalue weighted by Gasteiger charge is 2.22. The number of rotatable bonds is 5. The van der Waals surface area contributed by atoms with Gasteiger partial charge in [-0.1, -0.05) is 12.1 Å². The number of hydrogen-bond acceptors (Lipinski definition) is 4. The van der Waals surface area contributed by atoms with Crippen molar-refractivity contribution in [3.63, 3.8) is 0 Å². The van der Waals surface area contributed by atoms with E-state index in [1.54, 1.807) is 7.11 Å². The molecule has 1 aliphatic rings. The van der Waals surface area contributed by atoms with Gasteiger partial charge < -0.3 is 14.2 Å². The van der Waals surface area contributed by atoms with Crippen molar-refractivity contribution in [3.8, 4) is 5.75 Å². The van der Waals surface area contributed by atoms with Crippen molar-refractivity contribution in [2.75, 3.05) is 13.7 Å². The van der Waals surface area contributed by atoms with Crippen LogP contribution >= 0.6 is 0 Å². The second-order valence-corrected chi connectivity index (χ2v) is 4.01. The smallest absolute Gasteiger partial charge is 0.306 e. The number of benzene rings is 1. The normalized spacial score (nSPS) is 19.1. The Balaban J connectivity index is 1.72. The van der Waals surface area contributed by atoms with Gasteiger partial charge in [-0.15, -0.1) is 0 Å². The fourth-order valence-electron chi connectivity index (χ4n) is 1.73. The maximum atomic E-state index is 10.9. The van der Waals surface area contributed by atoms with E-state index in [-0.39, 0.29) is 12.1 Å². The molecule has 4 heteroatoms. The van der Waals surface area contributed by atoms with Gasteiger partial charge in [0.15, 0.2) is 0 Å². The molecule has 0 amide bonds. The molecule has 17 heavy (non-hydrogen) atoms. The molecule has 1 heterocycles. The quantitative estimate of drug-likeness (QED) is 0.733. The summed E-state index contributed by atoms with van der Waals surface area (Å²) in [6, 6.07) is 7.71. The predicted molar refractivity (Wildman–Crippen MR) is 61.8 cm³/mol. The van der Waals surface area contributed by atoms with Crippen LogP contribution in [0.25, 0.3) is 0 Å². The first kappa shape index (κ1) is 11.9. The molecule has 1 atom stereocenters. The van der Waals surface area contributed by atoms with Crippen LogP contribution in [0.3, 0.4) is 0 Å². The largest absolute Gasteiger partial charge is 0.497 e. The summed E-state index contributed by atoms with van der Waals surface area (Å²) in [5, 5.41) is 0. The van der Waals surface area contributed by atoms with Crippen LogP contribution in [0, 0.1) is 0 Å². The molecule has 2 rings (SSSR count). The first-order valence-corrected chi connectivity index (χ1v) is 5.68. The summed E-state index contributed by atoms with van der Waals surface area (Å²) in [5.41, 5.74) is 1.08. The summed E-state index contributed by atoms with van der Waals surface area (Å²) >= 11 is 0. The summed E-state index contributed by atoms with van der Waals surface area (Å²) in [6.45, 7) is 0.996. The number of esters is 1. The molecule has 0 spiro atoms. The Morgan fingerprint density at radius 3 is 2.71 bits per heavy atom. The Morgan fingerprint density at radius 1 is 1.35 bits per heavy atom. The number of carbonyl (C=O) groups excluding carboxylic acids is 1. The van der Waals surface area contributed by atoms with Gasteiger partial charge in [-0.2, -0.15) is 0 Å². The maximum Gasteiger partial charge on any atom is 0.306 e. The average Bonchev–Trinajstić information content (AvgIpc) is 2.76. The lowest BCUT2D eigenvalue weighted by Gasteiger charge is -2.10. The van der Waals surface area contributed by atoms with Crippen LogP contribution in [-0.2, 0) is 20.9 Å². The van der Waals surface area contributed by atoms with Gasteiger partial charge in [0.25, 0.3) is 0 Å². The van der Waals surface area contributed by atoms with Gasteiger partial charge in [-0.3, -0.25) is 4.79 Å². The third-order valence-electron chi connectivity index (χ3n) is 2.70. The van der Waals surface area contributed by atoms with Crippen LogP contribution < -0.4 is 4.74 Å². The second-order valence-electron chi connectivity index (χ2n) is 4.01. The van der Waals surface area contributed by atoms with Crippen molar-refractivity contribution in [2.45, 2.75) is 25.6 Å². The molecule has 4 nitrogen and oxygen atoms in total. The second kappa shape index (κ2) is 5.68. The third-order valence-corrected chi connectivity index (χ3v) is 2.70. The number of ether oxygens (including phenoxy) is 3. The van der Waals surface area contributed by atoms with E-state index in [9.17, 15) is 4.79 Å². The van der Waals surface area contributed by atoms with Gasteiger partial charge in [0.2, 0.25) is 0 Å². The minimum Gasteiger partial charge on any atom is -0.497 e. The lowest BCUT2D eigenvalue weighted by Crippen LogP contribution is -2.14. The summed E-state index contributed by atoms with van der Waals surface area (Å²) < 4.78 is 15.6. The Kier molecular flexibility index (Phi) is 3.98. The van der Waals surface area contributed by atoms with Gasteiger partial charge in [0.05, 0.1) is 20.3 Å². The van der Waals surface area contributed by atoms with Crippen LogP contribution in [0.1, 0.15) is 18.4 Å². The molecule has 1 aliphatic heterocycles. The molecule has 1 fully saturated rings. The van der Waals surface area contributed by atoms with Crippen molar-refractivity contribution >= 4 is 5.97 Å². The van der Waals surface area contributed by atoms with Crippen molar-refractivity contribution in [3.05, 3.63) is 29.8 Å². The molecule has 0 N–H and O–H groups in total. The zero-order valence-electron chi connectivity index (χ0n) is 9.85. The molecule has 1 aromatic carbocycles. The first-order chi connectivity index (χ1) is 8.28. The van der Waals surface area contributed by atoms with E-state index in [1.807, 2.05) is 24.3 Å². The van der Waals surface area contributed by atoms with E-state index in [1.165, 1.54) is 0 Å². The van der Waals surface area contributed by atoms with Crippen LogP contribution in [0.2, 0.25) is 0 Å². The van der Waals surface area contributed by atoms with Crippen molar-refractivity contribution in [1.29, 1.82) is 0 Å².